The van der Waals surface area contributed by atoms with Gasteiger partial charge in [0.25, 0.3) is 0 Å². The molecule has 1 saturated carbocycles. The number of ketones is 1. The summed E-state index contributed by atoms with van der Waals surface area (Å²) in [5.74, 6) is 0.657. The van der Waals surface area contributed by atoms with Crippen LogP contribution in [0.3, 0.4) is 0 Å². The van der Waals surface area contributed by atoms with Crippen LogP contribution >= 0.6 is 11.8 Å². The topological polar surface area (TPSA) is 43.1 Å². The van der Waals surface area contributed by atoms with Crippen LogP contribution in [0.5, 0.6) is 0 Å². The molecule has 10 heavy (non-hydrogen) atoms. The monoisotopic (exact) mass is 155 g/mol. The molecule has 0 radical (unpaired) electrons. The van der Waals surface area contributed by atoms with Gasteiger partial charge in [0.1, 0.15) is 5.78 Å². The van der Waals surface area contributed by atoms with E-state index in [2.05, 4.69) is 6.08 Å². The van der Waals surface area contributed by atoms with Crippen molar-refractivity contribution >= 4 is 17.5 Å². The van der Waals surface area contributed by atoms with E-state index < -0.39 is 0 Å². The summed E-state index contributed by atoms with van der Waals surface area (Å²) >= 11 is 1.61. The van der Waals surface area contributed by atoms with Gasteiger partial charge < -0.3 is 5.73 Å². The van der Waals surface area contributed by atoms with Gasteiger partial charge in [0, 0.05) is 18.4 Å². The summed E-state index contributed by atoms with van der Waals surface area (Å²) in [6.45, 7) is 0. The van der Waals surface area contributed by atoms with Gasteiger partial charge in [-0.25, -0.2) is 0 Å². The Morgan fingerprint density at radius 2 is 2.50 bits per heavy atom. The SMILES string of the molecule is NC1CC(=O)C2SC=CC12. The van der Waals surface area contributed by atoms with Gasteiger partial charge in [-0.2, -0.15) is 0 Å². The van der Waals surface area contributed by atoms with Crippen LogP contribution in [0.4, 0.5) is 0 Å². The predicted molar refractivity (Wildman–Crippen MR) is 41.6 cm³/mol. The lowest BCUT2D eigenvalue weighted by Gasteiger charge is -2.08. The van der Waals surface area contributed by atoms with E-state index in [0.717, 1.165) is 0 Å². The third kappa shape index (κ3) is 0.739. The predicted octanol–water partition coefficient (Wildman–Crippen LogP) is 0.532. The zero-order valence-corrected chi connectivity index (χ0v) is 6.30. The van der Waals surface area contributed by atoms with Crippen LogP contribution in [0, 0.1) is 5.92 Å². The molecule has 0 aromatic carbocycles. The molecule has 0 bridgehead atoms. The highest BCUT2D eigenvalue weighted by atomic mass is 32.2. The quantitative estimate of drug-likeness (QED) is 0.555. The molecule has 1 heterocycles. The van der Waals surface area contributed by atoms with Crippen LogP contribution in [-0.4, -0.2) is 17.1 Å². The number of thioether (sulfide) groups is 1. The molecule has 1 fully saturated rings. The highest BCUT2D eigenvalue weighted by Gasteiger charge is 2.41. The third-order valence-corrected chi connectivity index (χ3v) is 3.31. The summed E-state index contributed by atoms with van der Waals surface area (Å²) in [7, 11) is 0. The molecule has 3 atom stereocenters. The summed E-state index contributed by atoms with van der Waals surface area (Å²) in [4.78, 5) is 11.1. The van der Waals surface area contributed by atoms with Crippen LogP contribution < -0.4 is 5.73 Å². The van der Waals surface area contributed by atoms with E-state index >= 15 is 0 Å². The Kier molecular flexibility index (Phi) is 1.35. The molecule has 0 spiro atoms. The first-order valence-electron chi connectivity index (χ1n) is 3.39. The van der Waals surface area contributed by atoms with Gasteiger partial charge in [-0.1, -0.05) is 6.08 Å². The Bertz CT molecular complexity index is 202. The second-order valence-corrected chi connectivity index (χ2v) is 3.85. The first kappa shape index (κ1) is 6.43. The molecule has 2 rings (SSSR count). The van der Waals surface area contributed by atoms with E-state index in [4.69, 9.17) is 5.73 Å². The molecule has 0 aromatic rings. The molecule has 3 heteroatoms. The minimum absolute atomic E-state index is 0.0868. The standard InChI is InChI=1S/C7H9NOS/c8-5-3-6(9)7-4(5)1-2-10-7/h1-2,4-5,7H,3,8H2. The van der Waals surface area contributed by atoms with Crippen molar-refractivity contribution in [1.29, 1.82) is 0 Å². The largest absolute Gasteiger partial charge is 0.327 e. The molecule has 3 unspecified atom stereocenters. The second-order valence-electron chi connectivity index (χ2n) is 2.80. The molecule has 2 nitrogen and oxygen atoms in total. The van der Waals surface area contributed by atoms with Crippen molar-refractivity contribution in [1.82, 2.24) is 0 Å². The smallest absolute Gasteiger partial charge is 0.148 e. The van der Waals surface area contributed by atoms with E-state index in [1.165, 1.54) is 0 Å². The van der Waals surface area contributed by atoms with Gasteiger partial charge in [-0.05, 0) is 5.41 Å². The van der Waals surface area contributed by atoms with E-state index in [1.54, 1.807) is 11.8 Å². The number of Topliss-reactive ketones (excluding diaryl/α,β-unsaturated/α-hetero) is 1. The van der Waals surface area contributed by atoms with Crippen molar-refractivity contribution in [2.24, 2.45) is 11.7 Å². The van der Waals surface area contributed by atoms with Gasteiger partial charge >= 0.3 is 0 Å². The third-order valence-electron chi connectivity index (χ3n) is 2.12. The Balaban J connectivity index is 2.25. The number of hydrogen-bond acceptors (Lipinski definition) is 3. The average Bonchev–Trinajstić information content (AvgIpc) is 2.39. The summed E-state index contributed by atoms with van der Waals surface area (Å²) < 4.78 is 0. The first-order valence-corrected chi connectivity index (χ1v) is 4.34. The number of fused-ring (bicyclic) bond motifs is 1. The molecule has 2 N–H and O–H groups in total. The molecule has 2 aliphatic rings. The lowest BCUT2D eigenvalue weighted by molar-refractivity contribution is -0.117. The van der Waals surface area contributed by atoms with Crippen molar-refractivity contribution in [3.8, 4) is 0 Å². The van der Waals surface area contributed by atoms with Crippen LogP contribution in [0.25, 0.3) is 0 Å². The maximum atomic E-state index is 11.1. The molecule has 1 aliphatic carbocycles. The van der Waals surface area contributed by atoms with Crippen LogP contribution in [0.1, 0.15) is 6.42 Å². The fraction of sp³-hybridized carbons (Fsp3) is 0.571. The average molecular weight is 155 g/mol. The molecule has 54 valence electrons. The van der Waals surface area contributed by atoms with E-state index in [-0.39, 0.29) is 11.3 Å². The summed E-state index contributed by atoms with van der Waals surface area (Å²) in [6, 6.07) is 0.0868. The van der Waals surface area contributed by atoms with Gasteiger partial charge in [-0.3, -0.25) is 4.79 Å². The maximum Gasteiger partial charge on any atom is 0.148 e. The second kappa shape index (κ2) is 2.10. The number of nitrogens with two attached hydrogens (primary N) is 1. The fourth-order valence-electron chi connectivity index (χ4n) is 1.55. The molecular formula is C7H9NOS. The zero-order valence-electron chi connectivity index (χ0n) is 5.49. The number of carbonyl (C=O) groups excluding carboxylic acids is 1. The van der Waals surface area contributed by atoms with Gasteiger partial charge in [0.15, 0.2) is 0 Å². The van der Waals surface area contributed by atoms with Crippen LogP contribution in [-0.2, 0) is 4.79 Å². The molecule has 0 amide bonds. The van der Waals surface area contributed by atoms with Crippen LogP contribution in [0.15, 0.2) is 11.5 Å². The van der Waals surface area contributed by atoms with E-state index in [1.807, 2.05) is 5.41 Å². The fourth-order valence-corrected chi connectivity index (χ4v) is 2.72. The summed E-state index contributed by atoms with van der Waals surface area (Å²) in [5.41, 5.74) is 5.72. The maximum absolute atomic E-state index is 11.1. The van der Waals surface area contributed by atoms with Gasteiger partial charge in [-0.15, -0.1) is 11.8 Å². The number of carbonyl (C=O) groups is 1. The normalized spacial score (nSPS) is 44.5. The van der Waals surface area contributed by atoms with Gasteiger partial charge in [0.2, 0.25) is 0 Å². The van der Waals surface area contributed by atoms with Crippen LogP contribution in [0.2, 0.25) is 0 Å². The lowest BCUT2D eigenvalue weighted by Crippen LogP contribution is -2.25. The Hall–Kier alpha value is -0.280. The van der Waals surface area contributed by atoms with Crippen molar-refractivity contribution in [2.75, 3.05) is 0 Å². The Morgan fingerprint density at radius 1 is 1.70 bits per heavy atom. The number of hydrogen-bond donors (Lipinski definition) is 1. The molecule has 1 aliphatic heterocycles. The summed E-state index contributed by atoms with van der Waals surface area (Å²) in [6.07, 6.45) is 2.64. The lowest BCUT2D eigenvalue weighted by atomic mass is 10.1. The first-order chi connectivity index (χ1) is 4.79. The van der Waals surface area contributed by atoms with Gasteiger partial charge in [0.05, 0.1) is 5.25 Å². The van der Waals surface area contributed by atoms with Crippen molar-refractivity contribution in [3.63, 3.8) is 0 Å². The Morgan fingerprint density at radius 3 is 3.20 bits per heavy atom. The molecular weight excluding hydrogens is 146 g/mol. The van der Waals surface area contributed by atoms with Crippen molar-refractivity contribution < 1.29 is 4.79 Å². The highest BCUT2D eigenvalue weighted by molar-refractivity contribution is 8.03. The summed E-state index contributed by atoms with van der Waals surface area (Å²) in [5, 5.41) is 2.15. The van der Waals surface area contributed by atoms with E-state index in [0.29, 0.717) is 18.1 Å². The minimum Gasteiger partial charge on any atom is -0.327 e. The highest BCUT2D eigenvalue weighted by Crippen LogP contribution is 2.38. The zero-order chi connectivity index (χ0) is 7.14. The molecule has 0 saturated heterocycles. The van der Waals surface area contributed by atoms with E-state index in [9.17, 15) is 4.79 Å². The number of rotatable bonds is 0. The van der Waals surface area contributed by atoms with Crippen molar-refractivity contribution in [2.45, 2.75) is 17.7 Å². The van der Waals surface area contributed by atoms with Crippen molar-refractivity contribution in [3.05, 3.63) is 11.5 Å². The minimum atomic E-state index is 0.0868. The Labute approximate surface area is 63.9 Å². The molecule has 0 aromatic heterocycles.